The predicted octanol–water partition coefficient (Wildman–Crippen LogP) is 13.6. The fraction of sp³-hybridized carbons (Fsp3) is 1.00. The van der Waals surface area contributed by atoms with E-state index in [4.69, 9.17) is 0 Å². The lowest BCUT2D eigenvalue weighted by molar-refractivity contribution is 0.484. The molecule has 3 heteroatoms. The second-order valence-corrected chi connectivity index (χ2v) is 16.8. The fourth-order valence-corrected chi connectivity index (χ4v) is 9.79. The van der Waals surface area contributed by atoms with Crippen LogP contribution in [-0.4, -0.2) is 21.8 Å². The smallest absolute Gasteiger partial charge is 0.0772 e. The highest BCUT2D eigenvalue weighted by molar-refractivity contribution is 6.40. The maximum atomic E-state index is 2.62. The summed E-state index contributed by atoms with van der Waals surface area (Å²) in [5.74, 6) is 5.09. The van der Waals surface area contributed by atoms with E-state index < -0.39 is 0 Å². The van der Waals surface area contributed by atoms with Gasteiger partial charge in [0.05, 0.1) is 0 Å². The van der Waals surface area contributed by atoms with Crippen LogP contribution in [-0.2, 0) is 0 Å². The summed E-state index contributed by atoms with van der Waals surface area (Å²) < 4.78 is 0. The van der Waals surface area contributed by atoms with Crippen molar-refractivity contribution in [2.75, 3.05) is 0 Å². The van der Waals surface area contributed by atoms with E-state index in [0.717, 1.165) is 29.1 Å². The third-order valence-corrected chi connectivity index (χ3v) is 12.6. The topological polar surface area (TPSA) is 0 Å². The molecule has 43 heavy (non-hydrogen) atoms. The van der Waals surface area contributed by atoms with E-state index in [-0.39, 0.29) is 0 Å². The molecule has 0 amide bonds. The minimum absolute atomic E-state index is 0.956. The van der Waals surface area contributed by atoms with E-state index in [1.54, 1.807) is 72.3 Å². The van der Waals surface area contributed by atoms with Gasteiger partial charge in [-0.3, -0.25) is 0 Å². The van der Waals surface area contributed by atoms with Crippen molar-refractivity contribution in [1.29, 1.82) is 0 Å². The van der Waals surface area contributed by atoms with Gasteiger partial charge < -0.3 is 0 Å². The summed E-state index contributed by atoms with van der Waals surface area (Å²) in [6.07, 6.45) is 51.8. The summed E-state index contributed by atoms with van der Waals surface area (Å²) in [4.78, 5) is 0. The molecule has 3 fully saturated rings. The van der Waals surface area contributed by atoms with E-state index in [0.29, 0.717) is 0 Å². The van der Waals surface area contributed by atoms with Crippen molar-refractivity contribution in [2.45, 2.75) is 254 Å². The lowest BCUT2D eigenvalue weighted by Crippen LogP contribution is -2.15. The molecule has 0 nitrogen and oxygen atoms in total. The summed E-state index contributed by atoms with van der Waals surface area (Å²) in [6.45, 7) is 2.62. The Morgan fingerprint density at radius 3 is 1.02 bits per heavy atom. The van der Waals surface area contributed by atoms with Gasteiger partial charge in [-0.1, -0.05) is 254 Å². The zero-order chi connectivity index (χ0) is 30.0. The number of rotatable bonds is 0. The van der Waals surface area contributed by atoms with Gasteiger partial charge in [0.15, 0.2) is 0 Å². The zero-order valence-electron chi connectivity index (χ0n) is 30.0. The SMILES string of the molecule is CC1BC2CCCC3BCCCCCCCCCCC(BC(CCC3)CCC2)CCCCCCCCCCCCCCC1. The summed E-state index contributed by atoms with van der Waals surface area (Å²) in [7, 11) is 4.68. The molecule has 5 atom stereocenters. The maximum absolute atomic E-state index is 2.62. The van der Waals surface area contributed by atoms with E-state index in [1.807, 2.05) is 0 Å². The number of hydrogen-bond donors (Lipinski definition) is 0. The van der Waals surface area contributed by atoms with Gasteiger partial charge in [-0.25, -0.2) is 0 Å². The third kappa shape index (κ3) is 20.1. The first-order chi connectivity index (χ1) is 21.3. The monoisotopic (exact) mass is 593 g/mol. The van der Waals surface area contributed by atoms with Crippen LogP contribution in [0, 0.1) is 0 Å². The molecular weight excluding hydrogens is 513 g/mol. The fourth-order valence-electron chi connectivity index (χ4n) is 9.79. The van der Waals surface area contributed by atoms with Crippen molar-refractivity contribution in [2.24, 2.45) is 0 Å². The zero-order valence-corrected chi connectivity index (χ0v) is 30.0. The first-order valence-corrected chi connectivity index (χ1v) is 21.3. The van der Waals surface area contributed by atoms with Gasteiger partial charge in [0.1, 0.15) is 21.8 Å². The Hall–Kier alpha value is 0.195. The summed E-state index contributed by atoms with van der Waals surface area (Å²) in [6, 6.07) is 0. The molecule has 1 aliphatic carbocycles. The Labute approximate surface area is 275 Å². The molecule has 0 aromatic heterocycles. The Balaban J connectivity index is 1.65. The number of hydrogen-bond acceptors (Lipinski definition) is 0. The minimum Gasteiger partial charge on any atom is -0.0772 e. The van der Waals surface area contributed by atoms with Crippen molar-refractivity contribution in [3.8, 4) is 0 Å². The summed E-state index contributed by atoms with van der Waals surface area (Å²) in [5, 5.41) is 0. The molecule has 3 aliphatic rings. The van der Waals surface area contributed by atoms with Crippen LogP contribution in [0.15, 0.2) is 0 Å². The van der Waals surface area contributed by atoms with E-state index in [2.05, 4.69) is 6.92 Å². The summed E-state index contributed by atoms with van der Waals surface area (Å²) in [5.41, 5.74) is 0. The van der Waals surface area contributed by atoms with Crippen LogP contribution in [0.25, 0.3) is 0 Å². The standard InChI is InChI=1S/C40H79B3/c1-36-26-19-15-11-7-5-3-2-4-6-8-12-16-20-27-39-28-21-17-13-9-10-14-18-22-35-41-37-29-23-31-38(42-36)32-25-34-40(43-39)33-24-30-37/h36-43H,2-35H2,1H3. The molecule has 2 aliphatic heterocycles. The van der Waals surface area contributed by atoms with Gasteiger partial charge >= 0.3 is 0 Å². The third-order valence-electron chi connectivity index (χ3n) is 12.6. The molecule has 4 bridgehead atoms. The number of fused-ring (bicyclic) bond motifs is 7. The molecule has 0 N–H and O–H groups in total. The Bertz CT molecular complexity index is 609. The normalized spacial score (nSPS) is 32.7. The molecule has 0 aromatic rings. The Kier molecular flexibility index (Phi) is 23.0. The first-order valence-electron chi connectivity index (χ1n) is 21.3. The molecule has 248 valence electrons. The van der Waals surface area contributed by atoms with Crippen LogP contribution in [0.1, 0.15) is 219 Å². The van der Waals surface area contributed by atoms with Gasteiger partial charge in [-0.2, -0.15) is 0 Å². The summed E-state index contributed by atoms with van der Waals surface area (Å²) >= 11 is 0. The highest BCUT2D eigenvalue weighted by Gasteiger charge is 2.23. The van der Waals surface area contributed by atoms with E-state index in [1.165, 1.54) is 168 Å². The maximum Gasteiger partial charge on any atom is 0.127 e. The quantitative estimate of drug-likeness (QED) is 0.246. The molecule has 0 spiro atoms. The molecule has 1 saturated carbocycles. The largest absolute Gasteiger partial charge is 0.127 e. The Morgan fingerprint density at radius 1 is 0.279 bits per heavy atom. The highest BCUT2D eigenvalue weighted by atomic mass is 14.2. The van der Waals surface area contributed by atoms with E-state index >= 15 is 0 Å². The molecular formula is C40H79B3. The van der Waals surface area contributed by atoms with Gasteiger partial charge in [0.2, 0.25) is 0 Å². The molecule has 3 rings (SSSR count). The average Bonchev–Trinajstić information content (AvgIpc) is 2.99. The molecule has 2 heterocycles. The van der Waals surface area contributed by atoms with Crippen molar-refractivity contribution in [3.63, 3.8) is 0 Å². The molecule has 5 unspecified atom stereocenters. The second-order valence-electron chi connectivity index (χ2n) is 16.8. The Morgan fingerprint density at radius 2 is 0.581 bits per heavy atom. The lowest BCUT2D eigenvalue weighted by atomic mass is 9.48. The van der Waals surface area contributed by atoms with Crippen LogP contribution in [0.3, 0.4) is 0 Å². The van der Waals surface area contributed by atoms with Crippen molar-refractivity contribution >= 4 is 21.8 Å². The van der Waals surface area contributed by atoms with Crippen LogP contribution in [0.4, 0.5) is 0 Å². The van der Waals surface area contributed by atoms with Crippen molar-refractivity contribution in [1.82, 2.24) is 0 Å². The minimum atomic E-state index is 0.956. The molecule has 0 radical (unpaired) electrons. The van der Waals surface area contributed by atoms with Crippen LogP contribution in [0.5, 0.6) is 0 Å². The highest BCUT2D eigenvalue weighted by Crippen LogP contribution is 2.37. The first kappa shape index (κ1) is 37.7. The van der Waals surface area contributed by atoms with Gasteiger partial charge in [0.25, 0.3) is 0 Å². The van der Waals surface area contributed by atoms with Crippen molar-refractivity contribution < 1.29 is 0 Å². The van der Waals surface area contributed by atoms with Crippen molar-refractivity contribution in [3.05, 3.63) is 0 Å². The van der Waals surface area contributed by atoms with Gasteiger partial charge in [-0.05, 0) is 0 Å². The molecule has 2 saturated heterocycles. The van der Waals surface area contributed by atoms with Crippen LogP contribution in [0.2, 0.25) is 35.4 Å². The van der Waals surface area contributed by atoms with E-state index in [9.17, 15) is 0 Å². The molecule has 0 aromatic carbocycles. The predicted molar refractivity (Wildman–Crippen MR) is 203 cm³/mol. The second kappa shape index (κ2) is 26.3. The average molecular weight is 593 g/mol. The van der Waals surface area contributed by atoms with Crippen LogP contribution < -0.4 is 0 Å². The lowest BCUT2D eigenvalue weighted by Gasteiger charge is -2.27. The van der Waals surface area contributed by atoms with Gasteiger partial charge in [0, 0.05) is 0 Å². The van der Waals surface area contributed by atoms with Gasteiger partial charge in [-0.15, -0.1) is 0 Å². The van der Waals surface area contributed by atoms with Crippen LogP contribution >= 0.6 is 0 Å².